The third-order valence-electron chi connectivity index (χ3n) is 3.79. The number of fused-ring (bicyclic) bond motifs is 1. The molecule has 1 aromatic carbocycles. The molecule has 1 aliphatic heterocycles. The lowest BCUT2D eigenvalue weighted by Gasteiger charge is -2.18. The minimum atomic E-state index is -0.173. The van der Waals surface area contributed by atoms with Crippen molar-refractivity contribution in [3.05, 3.63) is 42.5 Å². The molecule has 0 radical (unpaired) electrons. The first-order valence-corrected chi connectivity index (χ1v) is 7.91. The van der Waals surface area contributed by atoms with Crippen LogP contribution in [0.15, 0.2) is 36.9 Å². The van der Waals surface area contributed by atoms with E-state index in [1.807, 2.05) is 23.8 Å². The highest BCUT2D eigenvalue weighted by molar-refractivity contribution is 5.94. The second kappa shape index (κ2) is 7.16. The standard InChI is InChI=1S/C17H20N4O3/c1-12(9-21-7-6-18-11-21)19-17(23)10-24-14-3-4-15-13(8-14)2-5-16(22)20-15/h3-4,6-8,11-12H,2,5,9-10H2,1H3,(H,19,23)(H,20,22). The highest BCUT2D eigenvalue weighted by Crippen LogP contribution is 2.26. The number of ether oxygens (including phenoxy) is 1. The number of anilines is 1. The molecule has 1 unspecified atom stereocenters. The maximum absolute atomic E-state index is 12.0. The van der Waals surface area contributed by atoms with Gasteiger partial charge in [0.25, 0.3) is 5.91 Å². The topological polar surface area (TPSA) is 85.2 Å². The SMILES string of the molecule is CC(Cn1ccnc1)NC(=O)COc1ccc2c(c1)CCC(=O)N2. The second-order valence-corrected chi connectivity index (χ2v) is 5.88. The molecule has 2 heterocycles. The number of carbonyl (C=O) groups excluding carboxylic acids is 2. The molecule has 7 nitrogen and oxygen atoms in total. The molecule has 1 aliphatic rings. The number of hydrogen-bond acceptors (Lipinski definition) is 4. The Morgan fingerprint density at radius 1 is 1.46 bits per heavy atom. The predicted octanol–water partition coefficient (Wildman–Crippen LogP) is 1.35. The highest BCUT2D eigenvalue weighted by atomic mass is 16.5. The van der Waals surface area contributed by atoms with E-state index in [9.17, 15) is 9.59 Å². The van der Waals surface area contributed by atoms with Crippen molar-refractivity contribution in [1.82, 2.24) is 14.9 Å². The Morgan fingerprint density at radius 2 is 2.33 bits per heavy atom. The molecule has 126 valence electrons. The van der Waals surface area contributed by atoms with Crippen LogP contribution in [0.4, 0.5) is 5.69 Å². The van der Waals surface area contributed by atoms with Gasteiger partial charge in [0.05, 0.1) is 6.33 Å². The van der Waals surface area contributed by atoms with Gasteiger partial charge in [-0.25, -0.2) is 4.98 Å². The summed E-state index contributed by atoms with van der Waals surface area (Å²) in [7, 11) is 0. The first-order chi connectivity index (χ1) is 11.6. The van der Waals surface area contributed by atoms with Gasteiger partial charge in [-0.3, -0.25) is 9.59 Å². The van der Waals surface area contributed by atoms with Crippen LogP contribution in [0.3, 0.4) is 0 Å². The number of hydrogen-bond donors (Lipinski definition) is 2. The lowest BCUT2D eigenvalue weighted by Crippen LogP contribution is -2.38. The van der Waals surface area contributed by atoms with E-state index in [2.05, 4.69) is 15.6 Å². The van der Waals surface area contributed by atoms with Gasteiger partial charge < -0.3 is 19.9 Å². The van der Waals surface area contributed by atoms with E-state index in [-0.39, 0.29) is 24.5 Å². The molecule has 0 saturated heterocycles. The highest BCUT2D eigenvalue weighted by Gasteiger charge is 2.15. The minimum absolute atomic E-state index is 0.0194. The van der Waals surface area contributed by atoms with E-state index in [0.29, 0.717) is 25.1 Å². The summed E-state index contributed by atoms with van der Waals surface area (Å²) in [5, 5.41) is 5.70. The molecular weight excluding hydrogens is 308 g/mol. The van der Waals surface area contributed by atoms with E-state index in [1.54, 1.807) is 24.7 Å². The quantitative estimate of drug-likeness (QED) is 0.838. The van der Waals surface area contributed by atoms with Crippen LogP contribution < -0.4 is 15.4 Å². The van der Waals surface area contributed by atoms with E-state index in [0.717, 1.165) is 11.3 Å². The van der Waals surface area contributed by atoms with Crippen LogP contribution >= 0.6 is 0 Å². The van der Waals surface area contributed by atoms with Crippen LogP contribution in [0.1, 0.15) is 18.9 Å². The van der Waals surface area contributed by atoms with Gasteiger partial charge in [0, 0.05) is 37.1 Å². The van der Waals surface area contributed by atoms with Crippen LogP contribution in [0, 0.1) is 0 Å². The van der Waals surface area contributed by atoms with Gasteiger partial charge in [-0.1, -0.05) is 0 Å². The summed E-state index contributed by atoms with van der Waals surface area (Å²) in [6.45, 7) is 2.54. The summed E-state index contributed by atoms with van der Waals surface area (Å²) in [5.74, 6) is 0.485. The zero-order chi connectivity index (χ0) is 16.9. The average molecular weight is 328 g/mol. The Labute approximate surface area is 140 Å². The van der Waals surface area contributed by atoms with Crippen LogP contribution in [0.2, 0.25) is 0 Å². The molecule has 0 spiro atoms. The van der Waals surface area contributed by atoms with Crippen molar-refractivity contribution in [2.75, 3.05) is 11.9 Å². The lowest BCUT2D eigenvalue weighted by atomic mass is 10.0. The number of carbonyl (C=O) groups is 2. The summed E-state index contributed by atoms with van der Waals surface area (Å²) in [4.78, 5) is 27.3. The molecule has 2 aromatic rings. The number of amides is 2. The number of aromatic nitrogens is 2. The third-order valence-corrected chi connectivity index (χ3v) is 3.79. The van der Waals surface area contributed by atoms with Crippen molar-refractivity contribution in [2.24, 2.45) is 0 Å². The van der Waals surface area contributed by atoms with Gasteiger partial charge in [0.2, 0.25) is 5.91 Å². The maximum Gasteiger partial charge on any atom is 0.258 e. The number of nitrogens with one attached hydrogen (secondary N) is 2. The van der Waals surface area contributed by atoms with Gasteiger partial charge in [-0.15, -0.1) is 0 Å². The summed E-state index contributed by atoms with van der Waals surface area (Å²) in [5.41, 5.74) is 1.85. The maximum atomic E-state index is 12.0. The molecule has 1 atom stereocenters. The van der Waals surface area contributed by atoms with Crippen molar-refractivity contribution < 1.29 is 14.3 Å². The summed E-state index contributed by atoms with van der Waals surface area (Å²) in [6, 6.07) is 5.42. The van der Waals surface area contributed by atoms with Crippen LogP contribution in [-0.4, -0.2) is 34.0 Å². The van der Waals surface area contributed by atoms with Crippen LogP contribution in [0.5, 0.6) is 5.75 Å². The first-order valence-electron chi connectivity index (χ1n) is 7.91. The zero-order valence-corrected chi connectivity index (χ0v) is 13.5. The molecule has 2 N–H and O–H groups in total. The molecule has 24 heavy (non-hydrogen) atoms. The number of rotatable bonds is 6. The predicted molar refractivity (Wildman–Crippen MR) is 88.7 cm³/mol. The fourth-order valence-corrected chi connectivity index (χ4v) is 2.67. The van der Waals surface area contributed by atoms with Crippen molar-refractivity contribution in [2.45, 2.75) is 32.4 Å². The molecule has 1 aromatic heterocycles. The van der Waals surface area contributed by atoms with Gasteiger partial charge in [-0.05, 0) is 37.1 Å². The number of aryl methyl sites for hydroxylation is 1. The second-order valence-electron chi connectivity index (χ2n) is 5.88. The molecule has 0 bridgehead atoms. The largest absolute Gasteiger partial charge is 0.484 e. The van der Waals surface area contributed by atoms with Gasteiger partial charge >= 0.3 is 0 Å². The number of benzene rings is 1. The summed E-state index contributed by atoms with van der Waals surface area (Å²) < 4.78 is 7.46. The third kappa shape index (κ3) is 4.13. The Hall–Kier alpha value is -2.83. The molecule has 0 fully saturated rings. The molecule has 7 heteroatoms. The fourth-order valence-electron chi connectivity index (χ4n) is 2.67. The van der Waals surface area contributed by atoms with Gasteiger partial charge in [-0.2, -0.15) is 0 Å². The van der Waals surface area contributed by atoms with E-state index < -0.39 is 0 Å². The fraction of sp³-hybridized carbons (Fsp3) is 0.353. The van der Waals surface area contributed by atoms with Crippen molar-refractivity contribution in [3.8, 4) is 5.75 Å². The Morgan fingerprint density at radius 3 is 3.12 bits per heavy atom. The first kappa shape index (κ1) is 16.0. The molecule has 2 amide bonds. The molecule has 3 rings (SSSR count). The van der Waals surface area contributed by atoms with E-state index >= 15 is 0 Å². The molecule has 0 saturated carbocycles. The van der Waals surface area contributed by atoms with Crippen molar-refractivity contribution >= 4 is 17.5 Å². The minimum Gasteiger partial charge on any atom is -0.484 e. The lowest BCUT2D eigenvalue weighted by molar-refractivity contribution is -0.123. The van der Waals surface area contributed by atoms with Gasteiger partial charge in [0.1, 0.15) is 5.75 Å². The average Bonchev–Trinajstić information content (AvgIpc) is 3.05. The number of nitrogens with zero attached hydrogens (tertiary/aromatic N) is 2. The van der Waals surface area contributed by atoms with E-state index in [4.69, 9.17) is 4.74 Å². The van der Waals surface area contributed by atoms with Gasteiger partial charge in [0.15, 0.2) is 6.61 Å². The summed E-state index contributed by atoms with van der Waals surface area (Å²) >= 11 is 0. The monoisotopic (exact) mass is 328 g/mol. The molecular formula is C17H20N4O3. The number of imidazole rings is 1. The Bertz CT molecular complexity index is 727. The summed E-state index contributed by atoms with van der Waals surface area (Å²) in [6.07, 6.45) is 6.43. The Kier molecular flexibility index (Phi) is 4.79. The van der Waals surface area contributed by atoms with E-state index in [1.165, 1.54) is 0 Å². The van der Waals surface area contributed by atoms with Crippen molar-refractivity contribution in [1.29, 1.82) is 0 Å². The van der Waals surface area contributed by atoms with Crippen LogP contribution in [0.25, 0.3) is 0 Å². The molecule has 0 aliphatic carbocycles. The zero-order valence-electron chi connectivity index (χ0n) is 13.5. The van der Waals surface area contributed by atoms with Crippen LogP contribution in [-0.2, 0) is 22.6 Å². The smallest absolute Gasteiger partial charge is 0.258 e. The Balaban J connectivity index is 1.48. The normalized spacial score (nSPS) is 14.5. The van der Waals surface area contributed by atoms with Crippen molar-refractivity contribution in [3.63, 3.8) is 0 Å².